The number of amides is 1. The van der Waals surface area contributed by atoms with Gasteiger partial charge in [0.2, 0.25) is 0 Å². The van der Waals surface area contributed by atoms with Gasteiger partial charge in [-0.05, 0) is 76.2 Å². The number of rotatable bonds is 15. The fourth-order valence-corrected chi connectivity index (χ4v) is 5.60. The van der Waals surface area contributed by atoms with Crippen molar-refractivity contribution in [2.45, 2.75) is 66.3 Å². The molecule has 1 N–H and O–H groups in total. The first-order valence-corrected chi connectivity index (χ1v) is 15.2. The minimum atomic E-state index is -0.788. The number of ketones is 1. The normalized spacial score (nSPS) is 16.6. The zero-order valence-electron chi connectivity index (χ0n) is 25.6. The summed E-state index contributed by atoms with van der Waals surface area (Å²) < 4.78 is 13.7. The zero-order chi connectivity index (χ0) is 30.2. The van der Waals surface area contributed by atoms with E-state index in [0.29, 0.717) is 60.3 Å². The van der Waals surface area contributed by atoms with Crippen molar-refractivity contribution in [3.8, 4) is 11.5 Å². The summed E-state index contributed by atoms with van der Waals surface area (Å²) in [7, 11) is 0. The summed E-state index contributed by atoms with van der Waals surface area (Å²) >= 11 is 0. The van der Waals surface area contributed by atoms with E-state index in [4.69, 9.17) is 9.47 Å². The number of nitrogens with zero attached hydrogens (tertiary/aromatic N) is 4. The molecule has 0 radical (unpaired) electrons. The van der Waals surface area contributed by atoms with Gasteiger partial charge in [0.05, 0.1) is 30.5 Å². The fourth-order valence-electron chi connectivity index (χ4n) is 5.60. The molecule has 0 aliphatic carbocycles. The maximum absolute atomic E-state index is 13.7. The lowest BCUT2D eigenvalue weighted by Crippen LogP contribution is -2.33. The number of imidazole rings is 1. The number of unbranched alkanes of at least 4 members (excludes halogenated alkanes) is 2. The van der Waals surface area contributed by atoms with Crippen LogP contribution in [0.5, 0.6) is 11.5 Å². The number of Topliss-reactive ketones (excluding diaryl/α,β-unsaturated/α-hetero) is 1. The third-order valence-electron chi connectivity index (χ3n) is 7.83. The van der Waals surface area contributed by atoms with E-state index in [-0.39, 0.29) is 11.3 Å². The molecule has 1 unspecified atom stereocenters. The lowest BCUT2D eigenvalue weighted by Gasteiger charge is -2.27. The van der Waals surface area contributed by atoms with Gasteiger partial charge in [-0.15, -0.1) is 0 Å². The third kappa shape index (κ3) is 6.46. The van der Waals surface area contributed by atoms with E-state index in [1.165, 1.54) is 0 Å². The van der Waals surface area contributed by atoms with Crippen LogP contribution < -0.4 is 9.47 Å². The van der Waals surface area contributed by atoms with Gasteiger partial charge in [-0.1, -0.05) is 45.7 Å². The number of aliphatic hydroxyl groups is 1. The summed E-state index contributed by atoms with van der Waals surface area (Å²) in [5.74, 6) is -0.397. The molecule has 4 rings (SSSR count). The molecule has 9 heteroatoms. The van der Waals surface area contributed by atoms with Crippen LogP contribution in [0, 0.1) is 6.92 Å². The van der Waals surface area contributed by atoms with Crippen molar-refractivity contribution in [2.24, 2.45) is 0 Å². The maximum Gasteiger partial charge on any atom is 0.295 e. The van der Waals surface area contributed by atoms with E-state index in [1.54, 1.807) is 22.4 Å². The van der Waals surface area contributed by atoms with Gasteiger partial charge < -0.3 is 24.4 Å². The molecule has 3 aromatic rings. The van der Waals surface area contributed by atoms with E-state index in [0.717, 1.165) is 38.9 Å². The van der Waals surface area contributed by atoms with Crippen LogP contribution in [0.25, 0.3) is 11.4 Å². The average Bonchev–Trinajstić information content (AvgIpc) is 3.46. The first-order valence-electron chi connectivity index (χ1n) is 15.2. The molecule has 1 aliphatic heterocycles. The average molecular weight is 577 g/mol. The highest BCUT2D eigenvalue weighted by molar-refractivity contribution is 6.46. The summed E-state index contributed by atoms with van der Waals surface area (Å²) in [6, 6.07) is 10.3. The number of likely N-dealkylation sites (tertiary alicyclic amines) is 1. The number of aromatic nitrogens is 2. The van der Waals surface area contributed by atoms with Crippen LogP contribution in [0.15, 0.2) is 48.2 Å². The Morgan fingerprint density at radius 2 is 1.79 bits per heavy atom. The molecule has 0 bridgehead atoms. The summed E-state index contributed by atoms with van der Waals surface area (Å²) in [5, 5.41) is 11.8. The second-order valence-corrected chi connectivity index (χ2v) is 10.5. The van der Waals surface area contributed by atoms with E-state index < -0.39 is 17.7 Å². The molecule has 226 valence electrons. The Labute approximate surface area is 248 Å². The van der Waals surface area contributed by atoms with E-state index in [2.05, 4.69) is 30.7 Å². The minimum Gasteiger partial charge on any atom is -0.505 e. The van der Waals surface area contributed by atoms with Gasteiger partial charge in [0.1, 0.15) is 11.3 Å². The monoisotopic (exact) mass is 576 g/mol. The van der Waals surface area contributed by atoms with Crippen molar-refractivity contribution in [3.05, 3.63) is 65.1 Å². The Morgan fingerprint density at radius 3 is 2.50 bits per heavy atom. The largest absolute Gasteiger partial charge is 0.505 e. The Bertz CT molecular complexity index is 1430. The van der Waals surface area contributed by atoms with Crippen LogP contribution in [0.2, 0.25) is 0 Å². The van der Waals surface area contributed by atoms with E-state index in [9.17, 15) is 14.7 Å². The molecule has 3 heterocycles. The quantitative estimate of drug-likeness (QED) is 0.106. The standard InChI is InChI=1S/C33H44N4O5/c1-6-10-13-21-42-25-17-16-24(22-26(25)41-9-4)30-28(31(38)29-23(5)34-27-15-11-12-19-36(27)29)32(39)33(40)37(30)20-14-18-35(7-2)8-3/h11-12,15-17,19,22,30,38H,6-10,13-14,18,20-21H2,1-5H3. The number of pyridine rings is 1. The molecule has 1 amide bonds. The highest BCUT2D eigenvalue weighted by Crippen LogP contribution is 2.42. The van der Waals surface area contributed by atoms with Crippen LogP contribution in [-0.2, 0) is 9.59 Å². The second-order valence-electron chi connectivity index (χ2n) is 10.5. The molecule has 2 aromatic heterocycles. The molecule has 0 spiro atoms. The Kier molecular flexibility index (Phi) is 10.6. The number of benzene rings is 1. The molecule has 9 nitrogen and oxygen atoms in total. The number of hydrogen-bond acceptors (Lipinski definition) is 7. The SMILES string of the molecule is CCCCCOc1ccc(C2C(=C(O)c3c(C)nc4ccccn34)C(=O)C(=O)N2CCCN(CC)CC)cc1OCC. The number of fused-ring (bicyclic) bond motifs is 1. The number of aryl methyl sites for hydroxylation is 1. The number of hydrogen-bond donors (Lipinski definition) is 1. The molecule has 1 atom stereocenters. The van der Waals surface area contributed by atoms with E-state index >= 15 is 0 Å². The molecule has 1 saturated heterocycles. The number of carbonyl (C=O) groups is 2. The summed E-state index contributed by atoms with van der Waals surface area (Å²) in [5.41, 5.74) is 2.34. The van der Waals surface area contributed by atoms with Gasteiger partial charge in [-0.25, -0.2) is 4.98 Å². The fraction of sp³-hybridized carbons (Fsp3) is 0.485. The number of carbonyl (C=O) groups excluding carboxylic acids is 2. The molecular formula is C33H44N4O5. The molecule has 1 fully saturated rings. The predicted molar refractivity (Wildman–Crippen MR) is 164 cm³/mol. The van der Waals surface area contributed by atoms with Gasteiger partial charge in [0, 0.05) is 12.7 Å². The summed E-state index contributed by atoms with van der Waals surface area (Å²) in [4.78, 5) is 35.7. The highest BCUT2D eigenvalue weighted by atomic mass is 16.5. The minimum absolute atomic E-state index is 0.0515. The van der Waals surface area contributed by atoms with E-state index in [1.807, 2.05) is 43.3 Å². The topological polar surface area (TPSA) is 96.6 Å². The predicted octanol–water partition coefficient (Wildman–Crippen LogP) is 5.76. The van der Waals surface area contributed by atoms with Crippen molar-refractivity contribution in [1.82, 2.24) is 19.2 Å². The van der Waals surface area contributed by atoms with Crippen molar-refractivity contribution in [3.63, 3.8) is 0 Å². The molecular weight excluding hydrogens is 532 g/mol. The second kappa shape index (κ2) is 14.4. The van der Waals surface area contributed by atoms with Gasteiger partial charge >= 0.3 is 0 Å². The lowest BCUT2D eigenvalue weighted by atomic mass is 9.95. The van der Waals surface area contributed by atoms with Gasteiger partial charge in [-0.3, -0.25) is 14.0 Å². The molecule has 42 heavy (non-hydrogen) atoms. The van der Waals surface area contributed by atoms with Gasteiger partial charge in [0.25, 0.3) is 11.7 Å². The molecule has 1 aliphatic rings. The van der Waals surface area contributed by atoms with Crippen LogP contribution in [0.3, 0.4) is 0 Å². The van der Waals surface area contributed by atoms with Gasteiger partial charge in [-0.2, -0.15) is 0 Å². The van der Waals surface area contributed by atoms with Crippen molar-refractivity contribution < 1.29 is 24.2 Å². The van der Waals surface area contributed by atoms with Crippen LogP contribution in [-0.4, -0.2) is 75.4 Å². The van der Waals surface area contributed by atoms with Crippen molar-refractivity contribution in [2.75, 3.05) is 39.4 Å². The summed E-state index contributed by atoms with van der Waals surface area (Å²) in [6.07, 6.45) is 5.59. The Morgan fingerprint density at radius 1 is 1.00 bits per heavy atom. The van der Waals surface area contributed by atoms with Crippen LogP contribution in [0.4, 0.5) is 0 Å². The smallest absolute Gasteiger partial charge is 0.295 e. The van der Waals surface area contributed by atoms with Gasteiger partial charge in [0.15, 0.2) is 17.3 Å². The lowest BCUT2D eigenvalue weighted by molar-refractivity contribution is -0.140. The first-order chi connectivity index (χ1) is 20.4. The zero-order valence-corrected chi connectivity index (χ0v) is 25.6. The molecule has 1 aromatic carbocycles. The third-order valence-corrected chi connectivity index (χ3v) is 7.83. The van der Waals surface area contributed by atoms with Crippen molar-refractivity contribution >= 4 is 23.1 Å². The number of aliphatic hydroxyl groups excluding tert-OH is 1. The Balaban J connectivity index is 1.81. The Hall–Kier alpha value is -3.85. The van der Waals surface area contributed by atoms with Crippen LogP contribution in [0.1, 0.15) is 76.4 Å². The van der Waals surface area contributed by atoms with Crippen LogP contribution >= 0.6 is 0 Å². The number of ether oxygens (including phenoxy) is 2. The highest BCUT2D eigenvalue weighted by Gasteiger charge is 2.46. The first kappa shape index (κ1) is 31.1. The van der Waals surface area contributed by atoms with Crippen molar-refractivity contribution in [1.29, 1.82) is 0 Å². The molecule has 0 saturated carbocycles. The maximum atomic E-state index is 13.7. The summed E-state index contributed by atoms with van der Waals surface area (Å²) in [6.45, 7) is 14.0.